The van der Waals surface area contributed by atoms with E-state index in [4.69, 9.17) is 33.1 Å². The molecule has 8 heteroatoms. The average molecular weight is 376 g/mol. The largest absolute Gasteiger partial charge is 0.483 e. The van der Waals surface area contributed by atoms with Gasteiger partial charge in [-0.25, -0.2) is 4.79 Å². The highest BCUT2D eigenvalue weighted by Gasteiger charge is 2.13. The van der Waals surface area contributed by atoms with Crippen molar-refractivity contribution < 1.29 is 14.7 Å². The topological polar surface area (TPSA) is 90.5 Å². The molecule has 1 saturated heterocycles. The van der Waals surface area contributed by atoms with E-state index in [1.54, 1.807) is 12.1 Å². The van der Waals surface area contributed by atoms with Crippen molar-refractivity contribution in [2.24, 2.45) is 0 Å². The van der Waals surface area contributed by atoms with E-state index in [0.29, 0.717) is 35.6 Å². The Kier molecular flexibility index (Phi) is 10.2. The van der Waals surface area contributed by atoms with Crippen molar-refractivity contribution in [3.05, 3.63) is 33.8 Å². The molecule has 24 heavy (non-hydrogen) atoms. The number of carboxylic acid groups (broad SMARTS) is 1. The minimum absolute atomic E-state index is 0.127. The Morgan fingerprint density at radius 3 is 2.67 bits per heavy atom. The van der Waals surface area contributed by atoms with Gasteiger partial charge in [0.15, 0.2) is 0 Å². The van der Waals surface area contributed by atoms with E-state index in [9.17, 15) is 4.79 Å². The van der Waals surface area contributed by atoms with Crippen LogP contribution in [-0.4, -0.2) is 43.3 Å². The van der Waals surface area contributed by atoms with E-state index in [2.05, 4.69) is 16.0 Å². The van der Waals surface area contributed by atoms with E-state index in [-0.39, 0.29) is 12.5 Å². The number of amides is 2. The summed E-state index contributed by atoms with van der Waals surface area (Å²) in [7, 11) is 0. The lowest BCUT2D eigenvalue weighted by Gasteiger charge is -2.11. The van der Waals surface area contributed by atoms with Gasteiger partial charge in [0, 0.05) is 29.2 Å². The molecule has 0 saturated carbocycles. The number of carbonyl (C=O) groups is 2. The van der Waals surface area contributed by atoms with Crippen molar-refractivity contribution in [3.63, 3.8) is 0 Å². The molecule has 1 aromatic carbocycles. The first-order valence-corrected chi connectivity index (χ1v) is 8.59. The van der Waals surface area contributed by atoms with Crippen LogP contribution in [-0.2, 0) is 11.2 Å². The van der Waals surface area contributed by atoms with Crippen molar-refractivity contribution in [1.29, 1.82) is 0 Å². The van der Waals surface area contributed by atoms with Crippen molar-refractivity contribution in [2.45, 2.75) is 31.7 Å². The van der Waals surface area contributed by atoms with Crippen molar-refractivity contribution in [3.8, 4) is 0 Å². The lowest BCUT2D eigenvalue weighted by atomic mass is 10.1. The minimum atomic E-state index is -0.250. The lowest BCUT2D eigenvalue weighted by molar-refractivity contribution is -0.122. The molecule has 1 aliphatic heterocycles. The van der Waals surface area contributed by atoms with Crippen LogP contribution in [0.3, 0.4) is 0 Å². The predicted molar refractivity (Wildman–Crippen MR) is 95.9 cm³/mol. The Bertz CT molecular complexity index is 523. The highest BCUT2D eigenvalue weighted by atomic mass is 35.5. The Labute approximate surface area is 151 Å². The third kappa shape index (κ3) is 8.38. The lowest BCUT2D eigenvalue weighted by Crippen LogP contribution is -2.38. The molecule has 1 heterocycles. The second-order valence-electron chi connectivity index (χ2n) is 5.36. The second-order valence-corrected chi connectivity index (χ2v) is 6.20. The number of nitrogens with one attached hydrogen (secondary N) is 3. The van der Waals surface area contributed by atoms with Crippen LogP contribution in [0.15, 0.2) is 18.2 Å². The van der Waals surface area contributed by atoms with Gasteiger partial charge < -0.3 is 21.1 Å². The van der Waals surface area contributed by atoms with Gasteiger partial charge in [0.25, 0.3) is 6.47 Å². The highest BCUT2D eigenvalue weighted by molar-refractivity contribution is 6.35. The van der Waals surface area contributed by atoms with Crippen molar-refractivity contribution >= 4 is 35.7 Å². The molecule has 0 unspecified atom stereocenters. The molecule has 2 amide bonds. The monoisotopic (exact) mass is 375 g/mol. The molecule has 0 aromatic heterocycles. The SMILES string of the molecule is O=C(NCCc1ccc(Cl)cc1Cl)NCC[C@@H]1CCCN1.O=CO. The zero-order valence-corrected chi connectivity index (χ0v) is 14.9. The molecule has 0 radical (unpaired) electrons. The summed E-state index contributed by atoms with van der Waals surface area (Å²) < 4.78 is 0. The van der Waals surface area contributed by atoms with Crippen LogP contribution < -0.4 is 16.0 Å². The highest BCUT2D eigenvalue weighted by Crippen LogP contribution is 2.20. The quantitative estimate of drug-likeness (QED) is 0.575. The van der Waals surface area contributed by atoms with E-state index in [1.165, 1.54) is 12.8 Å². The van der Waals surface area contributed by atoms with Gasteiger partial charge in [-0.3, -0.25) is 4.79 Å². The zero-order valence-electron chi connectivity index (χ0n) is 13.4. The summed E-state index contributed by atoms with van der Waals surface area (Å²) >= 11 is 11.9. The Morgan fingerprint density at radius 1 is 1.33 bits per heavy atom. The van der Waals surface area contributed by atoms with E-state index in [1.807, 2.05) is 6.07 Å². The van der Waals surface area contributed by atoms with Crippen molar-refractivity contribution in [1.82, 2.24) is 16.0 Å². The fourth-order valence-corrected chi connectivity index (χ4v) is 2.96. The average Bonchev–Trinajstić information content (AvgIpc) is 3.04. The molecule has 0 aliphatic carbocycles. The molecule has 134 valence electrons. The second kappa shape index (κ2) is 11.9. The zero-order chi connectivity index (χ0) is 17.8. The molecule has 6 nitrogen and oxygen atoms in total. The van der Waals surface area contributed by atoms with Crippen LogP contribution in [0, 0.1) is 0 Å². The van der Waals surface area contributed by atoms with Crippen LogP contribution in [0.4, 0.5) is 4.79 Å². The maximum atomic E-state index is 11.6. The fraction of sp³-hybridized carbons (Fsp3) is 0.500. The number of hydrogen-bond acceptors (Lipinski definition) is 3. The van der Waals surface area contributed by atoms with Gasteiger partial charge >= 0.3 is 6.03 Å². The molecule has 4 N–H and O–H groups in total. The Hall–Kier alpha value is -1.50. The van der Waals surface area contributed by atoms with Gasteiger partial charge in [0.05, 0.1) is 0 Å². The van der Waals surface area contributed by atoms with Gasteiger partial charge in [-0.05, 0) is 49.9 Å². The number of hydrogen-bond donors (Lipinski definition) is 4. The maximum absolute atomic E-state index is 11.6. The number of rotatable bonds is 6. The van der Waals surface area contributed by atoms with E-state index in [0.717, 1.165) is 18.5 Å². The summed E-state index contributed by atoms with van der Waals surface area (Å²) in [5.41, 5.74) is 0.983. The molecule has 1 aromatic rings. The summed E-state index contributed by atoms with van der Waals surface area (Å²) in [6.07, 6.45) is 4.11. The van der Waals surface area contributed by atoms with Crippen molar-refractivity contribution in [2.75, 3.05) is 19.6 Å². The van der Waals surface area contributed by atoms with E-state index < -0.39 is 0 Å². The van der Waals surface area contributed by atoms with Crippen LogP contribution in [0.1, 0.15) is 24.8 Å². The molecule has 1 aliphatic rings. The van der Waals surface area contributed by atoms with Crippen LogP contribution >= 0.6 is 23.2 Å². The van der Waals surface area contributed by atoms with Gasteiger partial charge in [-0.1, -0.05) is 29.3 Å². The molecule has 0 bridgehead atoms. The standard InChI is InChI=1S/C15H21Cl2N3O.CH2O2/c16-12-4-3-11(14(17)10-12)5-8-19-15(21)20-9-6-13-2-1-7-18-13;2-1-3/h3-4,10,13,18H,1-2,5-9H2,(H2,19,20,21);1H,(H,2,3)/t13-;/m0./s1. The smallest absolute Gasteiger partial charge is 0.314 e. The van der Waals surface area contributed by atoms with Crippen LogP contribution in [0.2, 0.25) is 10.0 Å². The molecular formula is C16H23Cl2N3O3. The number of carbonyl (C=O) groups excluding carboxylic acids is 1. The normalized spacial score (nSPS) is 16.0. The van der Waals surface area contributed by atoms with Crippen LogP contribution in [0.5, 0.6) is 0 Å². The fourth-order valence-electron chi connectivity index (χ4n) is 2.46. The van der Waals surface area contributed by atoms with Gasteiger partial charge in [0.1, 0.15) is 0 Å². The first-order valence-electron chi connectivity index (χ1n) is 7.83. The Morgan fingerprint density at radius 2 is 2.04 bits per heavy atom. The van der Waals surface area contributed by atoms with Gasteiger partial charge in [-0.15, -0.1) is 0 Å². The third-order valence-electron chi connectivity index (χ3n) is 3.64. The minimum Gasteiger partial charge on any atom is -0.483 e. The Balaban J connectivity index is 0.000000891. The van der Waals surface area contributed by atoms with Gasteiger partial charge in [0.2, 0.25) is 0 Å². The van der Waals surface area contributed by atoms with E-state index >= 15 is 0 Å². The first kappa shape index (κ1) is 20.5. The molecule has 0 spiro atoms. The first-order chi connectivity index (χ1) is 11.6. The summed E-state index contributed by atoms with van der Waals surface area (Å²) in [5, 5.41) is 17.3. The molecule has 1 fully saturated rings. The number of benzene rings is 1. The summed E-state index contributed by atoms with van der Waals surface area (Å²) in [5.74, 6) is 0. The predicted octanol–water partition coefficient (Wildman–Crippen LogP) is 2.68. The molecule has 1 atom stereocenters. The summed E-state index contributed by atoms with van der Waals surface area (Å²) in [6.45, 7) is 2.10. The maximum Gasteiger partial charge on any atom is 0.314 e. The number of halogens is 2. The summed E-state index contributed by atoms with van der Waals surface area (Å²) in [6, 6.07) is 5.83. The summed E-state index contributed by atoms with van der Waals surface area (Å²) in [4.78, 5) is 20.0. The molecular weight excluding hydrogens is 353 g/mol. The number of urea groups is 1. The van der Waals surface area contributed by atoms with Crippen LogP contribution in [0.25, 0.3) is 0 Å². The van der Waals surface area contributed by atoms with Gasteiger partial charge in [-0.2, -0.15) is 0 Å². The third-order valence-corrected chi connectivity index (χ3v) is 4.22. The molecule has 2 rings (SSSR count).